The van der Waals surface area contributed by atoms with Crippen LogP contribution in [0.2, 0.25) is 5.02 Å². The highest BCUT2D eigenvalue weighted by Gasteiger charge is 2.47. The second-order valence-corrected chi connectivity index (χ2v) is 6.97. The average Bonchev–Trinajstić information content (AvgIpc) is 2.39. The molecule has 1 amide bonds. The number of benzene rings is 1. The Bertz CT molecular complexity index is 543. The molecule has 0 bridgehead atoms. The maximum absolute atomic E-state index is 12.5. The van der Waals surface area contributed by atoms with E-state index in [1.54, 1.807) is 24.3 Å². The van der Waals surface area contributed by atoms with Gasteiger partial charge < -0.3 is 10.0 Å². The first-order valence-electron chi connectivity index (χ1n) is 7.78. The van der Waals surface area contributed by atoms with Gasteiger partial charge in [-0.3, -0.25) is 4.79 Å². The Labute approximate surface area is 130 Å². The summed E-state index contributed by atoms with van der Waals surface area (Å²) >= 11 is 5.96. The van der Waals surface area contributed by atoms with E-state index in [-0.39, 0.29) is 11.8 Å². The van der Waals surface area contributed by atoms with Crippen LogP contribution in [0, 0.1) is 11.8 Å². The average molecular weight is 308 g/mol. The third kappa shape index (κ3) is 2.69. The molecule has 3 rings (SSSR count). The van der Waals surface area contributed by atoms with Crippen LogP contribution in [0.1, 0.15) is 43.0 Å². The van der Waals surface area contributed by atoms with Crippen molar-refractivity contribution in [2.24, 2.45) is 11.8 Å². The SMILES string of the molecule is CC1CN(C(=O)c2cccc(Cl)c2)CCC1(O)C1CCC1. The minimum Gasteiger partial charge on any atom is -0.389 e. The van der Waals surface area contributed by atoms with Crippen molar-refractivity contribution in [2.75, 3.05) is 13.1 Å². The third-order valence-electron chi connectivity index (χ3n) is 5.30. The van der Waals surface area contributed by atoms with E-state index < -0.39 is 5.60 Å². The van der Waals surface area contributed by atoms with E-state index >= 15 is 0 Å². The molecule has 1 saturated carbocycles. The van der Waals surface area contributed by atoms with Crippen molar-refractivity contribution in [2.45, 2.75) is 38.2 Å². The van der Waals surface area contributed by atoms with Gasteiger partial charge in [0.05, 0.1) is 5.60 Å². The van der Waals surface area contributed by atoms with Crippen LogP contribution in [-0.4, -0.2) is 34.6 Å². The molecular formula is C17H22ClNO2. The number of carbonyl (C=O) groups is 1. The number of hydrogen-bond donors (Lipinski definition) is 1. The van der Waals surface area contributed by atoms with Gasteiger partial charge in [-0.05, 0) is 43.4 Å². The Morgan fingerprint density at radius 3 is 2.76 bits per heavy atom. The molecule has 21 heavy (non-hydrogen) atoms. The molecule has 1 saturated heterocycles. The van der Waals surface area contributed by atoms with Gasteiger partial charge in [0.15, 0.2) is 0 Å². The fourth-order valence-corrected chi connectivity index (χ4v) is 3.83. The van der Waals surface area contributed by atoms with Crippen LogP contribution in [-0.2, 0) is 0 Å². The van der Waals surface area contributed by atoms with E-state index in [1.165, 1.54) is 6.42 Å². The molecule has 1 aliphatic carbocycles. The molecule has 1 aliphatic heterocycles. The molecular weight excluding hydrogens is 286 g/mol. The molecule has 1 aromatic carbocycles. The molecule has 0 aromatic heterocycles. The number of piperidine rings is 1. The lowest BCUT2D eigenvalue weighted by atomic mass is 9.65. The highest BCUT2D eigenvalue weighted by molar-refractivity contribution is 6.30. The van der Waals surface area contributed by atoms with E-state index in [2.05, 4.69) is 6.92 Å². The van der Waals surface area contributed by atoms with Crippen molar-refractivity contribution in [1.82, 2.24) is 4.90 Å². The maximum Gasteiger partial charge on any atom is 0.253 e. The Balaban J connectivity index is 1.70. The zero-order valence-corrected chi connectivity index (χ0v) is 13.1. The van der Waals surface area contributed by atoms with Gasteiger partial charge in [-0.15, -0.1) is 0 Å². The van der Waals surface area contributed by atoms with Gasteiger partial charge in [0.25, 0.3) is 5.91 Å². The number of halogens is 1. The number of carbonyl (C=O) groups excluding carboxylic acids is 1. The first-order chi connectivity index (χ1) is 10.0. The lowest BCUT2D eigenvalue weighted by Gasteiger charge is -2.50. The Morgan fingerprint density at radius 1 is 1.43 bits per heavy atom. The van der Waals surface area contributed by atoms with Crippen LogP contribution >= 0.6 is 11.6 Å². The molecule has 2 atom stereocenters. The summed E-state index contributed by atoms with van der Waals surface area (Å²) < 4.78 is 0. The Kier molecular flexibility index (Phi) is 3.98. The van der Waals surface area contributed by atoms with Crippen molar-refractivity contribution in [1.29, 1.82) is 0 Å². The zero-order valence-electron chi connectivity index (χ0n) is 12.4. The number of rotatable bonds is 2. The topological polar surface area (TPSA) is 40.5 Å². The predicted octanol–water partition coefficient (Wildman–Crippen LogP) is 3.35. The predicted molar refractivity (Wildman–Crippen MR) is 83.4 cm³/mol. The molecule has 1 N–H and O–H groups in total. The molecule has 0 radical (unpaired) electrons. The van der Waals surface area contributed by atoms with Crippen molar-refractivity contribution >= 4 is 17.5 Å². The largest absolute Gasteiger partial charge is 0.389 e. The van der Waals surface area contributed by atoms with Crippen molar-refractivity contribution in [3.63, 3.8) is 0 Å². The minimum absolute atomic E-state index is 0.0139. The van der Waals surface area contributed by atoms with Gasteiger partial charge in [-0.1, -0.05) is 31.0 Å². The highest BCUT2D eigenvalue weighted by Crippen LogP contribution is 2.44. The summed E-state index contributed by atoms with van der Waals surface area (Å²) in [6.45, 7) is 3.32. The first-order valence-corrected chi connectivity index (χ1v) is 8.16. The van der Waals surface area contributed by atoms with E-state index in [0.717, 1.165) is 12.8 Å². The minimum atomic E-state index is -0.580. The van der Waals surface area contributed by atoms with E-state index in [1.807, 2.05) is 4.90 Å². The summed E-state index contributed by atoms with van der Waals surface area (Å²) in [5.41, 5.74) is 0.0485. The van der Waals surface area contributed by atoms with Crippen LogP contribution in [0.15, 0.2) is 24.3 Å². The van der Waals surface area contributed by atoms with Crippen molar-refractivity contribution in [3.8, 4) is 0 Å². The van der Waals surface area contributed by atoms with E-state index in [4.69, 9.17) is 11.6 Å². The second-order valence-electron chi connectivity index (χ2n) is 6.53. The van der Waals surface area contributed by atoms with Crippen LogP contribution in [0.3, 0.4) is 0 Å². The first kappa shape index (κ1) is 14.9. The smallest absolute Gasteiger partial charge is 0.253 e. The van der Waals surface area contributed by atoms with Crippen LogP contribution in [0.25, 0.3) is 0 Å². The molecule has 2 aliphatic rings. The number of hydrogen-bond acceptors (Lipinski definition) is 2. The van der Waals surface area contributed by atoms with E-state index in [0.29, 0.717) is 36.0 Å². The molecule has 1 aromatic rings. The molecule has 0 spiro atoms. The summed E-state index contributed by atoms with van der Waals surface area (Å²) in [5.74, 6) is 0.565. The standard InChI is InChI=1S/C17H22ClNO2/c1-12-11-19(9-8-17(12,21)14-5-3-6-14)16(20)13-4-2-7-15(18)10-13/h2,4,7,10,12,14,21H,3,5-6,8-9,11H2,1H3. The van der Waals surface area contributed by atoms with Gasteiger partial charge >= 0.3 is 0 Å². The van der Waals surface area contributed by atoms with Gasteiger partial charge in [0, 0.05) is 29.6 Å². The maximum atomic E-state index is 12.5. The number of aliphatic hydroxyl groups is 1. The quantitative estimate of drug-likeness (QED) is 0.910. The lowest BCUT2D eigenvalue weighted by Crippen LogP contribution is -2.57. The zero-order chi connectivity index (χ0) is 15.0. The summed E-state index contributed by atoms with van der Waals surface area (Å²) in [7, 11) is 0. The van der Waals surface area contributed by atoms with Gasteiger partial charge in [0.1, 0.15) is 0 Å². The molecule has 1 heterocycles. The normalized spacial score (nSPS) is 30.0. The number of nitrogens with zero attached hydrogens (tertiary/aromatic N) is 1. The highest BCUT2D eigenvalue weighted by atomic mass is 35.5. The summed E-state index contributed by atoms with van der Waals surface area (Å²) in [6.07, 6.45) is 4.17. The fourth-order valence-electron chi connectivity index (χ4n) is 3.64. The van der Waals surface area contributed by atoms with Crippen LogP contribution in [0.4, 0.5) is 0 Å². The molecule has 4 heteroatoms. The fraction of sp³-hybridized carbons (Fsp3) is 0.588. The van der Waals surface area contributed by atoms with Gasteiger partial charge in [0.2, 0.25) is 0 Å². The molecule has 2 unspecified atom stereocenters. The number of likely N-dealkylation sites (tertiary alicyclic amines) is 1. The molecule has 3 nitrogen and oxygen atoms in total. The van der Waals surface area contributed by atoms with Crippen molar-refractivity contribution in [3.05, 3.63) is 34.9 Å². The monoisotopic (exact) mass is 307 g/mol. The third-order valence-corrected chi connectivity index (χ3v) is 5.54. The Morgan fingerprint density at radius 2 is 2.19 bits per heavy atom. The van der Waals surface area contributed by atoms with Crippen LogP contribution < -0.4 is 0 Å². The molecule has 2 fully saturated rings. The van der Waals surface area contributed by atoms with Crippen molar-refractivity contribution < 1.29 is 9.90 Å². The van der Waals surface area contributed by atoms with E-state index in [9.17, 15) is 9.90 Å². The molecule has 114 valence electrons. The summed E-state index contributed by atoms with van der Waals surface area (Å²) in [5, 5.41) is 11.5. The lowest BCUT2D eigenvalue weighted by molar-refractivity contribution is -0.122. The van der Waals surface area contributed by atoms with Gasteiger partial charge in [-0.25, -0.2) is 0 Å². The summed E-state index contributed by atoms with van der Waals surface area (Å²) in [4.78, 5) is 14.4. The Hall–Kier alpha value is -1.06. The summed E-state index contributed by atoms with van der Waals surface area (Å²) in [6, 6.07) is 7.08. The van der Waals surface area contributed by atoms with Crippen LogP contribution in [0.5, 0.6) is 0 Å². The van der Waals surface area contributed by atoms with Gasteiger partial charge in [-0.2, -0.15) is 0 Å². The number of amides is 1. The second kappa shape index (κ2) is 5.62.